The summed E-state index contributed by atoms with van der Waals surface area (Å²) in [4.78, 5) is 13.8. The molecule has 17 heavy (non-hydrogen) atoms. The number of terminal acetylenes is 1. The quantitative estimate of drug-likeness (QED) is 0.688. The topological polar surface area (TPSA) is 79.1 Å². The Morgan fingerprint density at radius 3 is 3.00 bits per heavy atom. The van der Waals surface area contributed by atoms with E-state index in [2.05, 4.69) is 10.9 Å². The van der Waals surface area contributed by atoms with Crippen LogP contribution in [0.25, 0.3) is 10.9 Å². The van der Waals surface area contributed by atoms with E-state index in [1.165, 1.54) is 0 Å². The first kappa shape index (κ1) is 11.2. The third-order valence-corrected chi connectivity index (χ3v) is 2.69. The molecule has 4 N–H and O–H groups in total. The molecule has 4 nitrogen and oxygen atoms in total. The number of fused-ring (bicyclic) bond motifs is 1. The van der Waals surface area contributed by atoms with Crippen molar-refractivity contribution in [2.45, 2.75) is 12.5 Å². The van der Waals surface area contributed by atoms with E-state index in [0.29, 0.717) is 0 Å². The molecule has 0 aliphatic rings. The summed E-state index contributed by atoms with van der Waals surface area (Å²) in [5, 5.41) is 9.71. The van der Waals surface area contributed by atoms with Crippen LogP contribution < -0.4 is 5.73 Å². The predicted octanol–water partition coefficient (Wildman–Crippen LogP) is 1.10. The molecule has 0 saturated carbocycles. The van der Waals surface area contributed by atoms with Crippen LogP contribution in [0.2, 0.25) is 0 Å². The van der Waals surface area contributed by atoms with Crippen molar-refractivity contribution in [3.63, 3.8) is 0 Å². The highest BCUT2D eigenvalue weighted by atomic mass is 16.4. The number of carboxylic acids is 1. The van der Waals surface area contributed by atoms with Gasteiger partial charge in [-0.3, -0.25) is 4.79 Å². The summed E-state index contributed by atoms with van der Waals surface area (Å²) in [6, 6.07) is 4.67. The zero-order valence-electron chi connectivity index (χ0n) is 9.10. The molecule has 0 aliphatic carbocycles. The second kappa shape index (κ2) is 4.32. The summed E-state index contributed by atoms with van der Waals surface area (Å²) >= 11 is 0. The van der Waals surface area contributed by atoms with Crippen molar-refractivity contribution in [1.29, 1.82) is 0 Å². The minimum atomic E-state index is -1.01. The van der Waals surface area contributed by atoms with Gasteiger partial charge in [0.15, 0.2) is 0 Å². The molecule has 0 fully saturated rings. The van der Waals surface area contributed by atoms with E-state index in [4.69, 9.17) is 17.3 Å². The van der Waals surface area contributed by atoms with Crippen molar-refractivity contribution >= 4 is 16.9 Å². The van der Waals surface area contributed by atoms with Crippen LogP contribution in [0.1, 0.15) is 11.1 Å². The van der Waals surface area contributed by atoms with E-state index >= 15 is 0 Å². The maximum atomic E-state index is 10.7. The van der Waals surface area contributed by atoms with Gasteiger partial charge in [0.2, 0.25) is 0 Å². The van der Waals surface area contributed by atoms with Gasteiger partial charge in [-0.1, -0.05) is 5.92 Å². The largest absolute Gasteiger partial charge is 0.480 e. The molecule has 2 rings (SSSR count). The fraction of sp³-hybridized carbons (Fsp3) is 0.154. The number of aromatic nitrogens is 1. The average molecular weight is 228 g/mol. The summed E-state index contributed by atoms with van der Waals surface area (Å²) in [5.41, 5.74) is 8.08. The zero-order chi connectivity index (χ0) is 12.4. The van der Waals surface area contributed by atoms with Crippen LogP contribution in [0.4, 0.5) is 0 Å². The minimum Gasteiger partial charge on any atom is -0.480 e. The Hall–Kier alpha value is -2.25. The lowest BCUT2D eigenvalue weighted by atomic mass is 10.0. The van der Waals surface area contributed by atoms with Gasteiger partial charge < -0.3 is 15.8 Å². The molecule has 0 aliphatic heterocycles. The lowest BCUT2D eigenvalue weighted by Gasteiger charge is -2.04. The average Bonchev–Trinajstić information content (AvgIpc) is 2.71. The van der Waals surface area contributed by atoms with E-state index < -0.39 is 12.0 Å². The molecular weight excluding hydrogens is 216 g/mol. The van der Waals surface area contributed by atoms with Crippen LogP contribution in [0.5, 0.6) is 0 Å². The second-order valence-electron chi connectivity index (χ2n) is 3.87. The van der Waals surface area contributed by atoms with Crippen molar-refractivity contribution in [3.8, 4) is 12.3 Å². The Morgan fingerprint density at radius 1 is 1.59 bits per heavy atom. The van der Waals surface area contributed by atoms with E-state index in [1.807, 2.05) is 18.2 Å². The Morgan fingerprint density at radius 2 is 2.35 bits per heavy atom. The lowest BCUT2D eigenvalue weighted by Crippen LogP contribution is -2.32. The maximum Gasteiger partial charge on any atom is 0.320 e. The van der Waals surface area contributed by atoms with Gasteiger partial charge in [0.1, 0.15) is 6.04 Å². The molecule has 0 unspecified atom stereocenters. The molecule has 1 atom stereocenters. The first-order valence-corrected chi connectivity index (χ1v) is 5.17. The molecular formula is C13H12N2O2. The Balaban J connectivity index is 2.41. The van der Waals surface area contributed by atoms with Gasteiger partial charge in [-0.25, -0.2) is 0 Å². The van der Waals surface area contributed by atoms with Crippen LogP contribution >= 0.6 is 0 Å². The second-order valence-corrected chi connectivity index (χ2v) is 3.87. The molecule has 0 radical (unpaired) electrons. The number of carboxylic acid groups (broad SMARTS) is 1. The number of aromatic amines is 1. The van der Waals surface area contributed by atoms with Crippen LogP contribution in [0, 0.1) is 12.3 Å². The summed E-state index contributed by atoms with van der Waals surface area (Å²) in [7, 11) is 0. The van der Waals surface area contributed by atoms with Crippen LogP contribution in [0.15, 0.2) is 24.4 Å². The van der Waals surface area contributed by atoms with Crippen LogP contribution in [-0.4, -0.2) is 22.1 Å². The van der Waals surface area contributed by atoms with E-state index in [-0.39, 0.29) is 6.42 Å². The summed E-state index contributed by atoms with van der Waals surface area (Å²) in [6.45, 7) is 0. The number of benzene rings is 1. The molecule has 1 heterocycles. The van der Waals surface area contributed by atoms with Gasteiger partial charge in [-0.2, -0.15) is 0 Å². The fourth-order valence-electron chi connectivity index (χ4n) is 1.76. The van der Waals surface area contributed by atoms with E-state index in [9.17, 15) is 4.79 Å². The van der Waals surface area contributed by atoms with Gasteiger partial charge in [-0.05, 0) is 23.8 Å². The highest BCUT2D eigenvalue weighted by molar-refractivity contribution is 5.85. The van der Waals surface area contributed by atoms with Gasteiger partial charge in [0.25, 0.3) is 0 Å². The number of hydrogen-bond acceptors (Lipinski definition) is 2. The van der Waals surface area contributed by atoms with Crippen LogP contribution in [0.3, 0.4) is 0 Å². The molecule has 86 valence electrons. The number of hydrogen-bond donors (Lipinski definition) is 3. The summed E-state index contributed by atoms with van der Waals surface area (Å²) in [6.07, 6.45) is 7.38. The minimum absolute atomic E-state index is 0.281. The third kappa shape index (κ3) is 2.14. The number of nitrogens with one attached hydrogen (secondary N) is 1. The van der Waals surface area contributed by atoms with Crippen molar-refractivity contribution in [2.75, 3.05) is 0 Å². The van der Waals surface area contributed by atoms with Gasteiger partial charge in [0.05, 0.1) is 0 Å². The number of H-pyrrole nitrogens is 1. The third-order valence-electron chi connectivity index (χ3n) is 2.69. The van der Waals surface area contributed by atoms with Crippen molar-refractivity contribution < 1.29 is 9.90 Å². The van der Waals surface area contributed by atoms with Crippen molar-refractivity contribution in [2.24, 2.45) is 5.73 Å². The molecule has 0 amide bonds. The number of carbonyl (C=O) groups is 1. The maximum absolute atomic E-state index is 10.7. The summed E-state index contributed by atoms with van der Waals surface area (Å²) in [5.74, 6) is 1.54. The standard InChI is InChI=1S/C13H12N2O2/c1-2-8-3-4-12-10(5-8)9(7-15-12)6-11(14)13(16)17/h1,3-5,7,11,15H,6,14H2,(H,16,17)/t11-/m1/s1. The Bertz CT molecular complexity index is 607. The fourth-order valence-corrected chi connectivity index (χ4v) is 1.76. The van der Waals surface area contributed by atoms with Gasteiger partial charge >= 0.3 is 5.97 Å². The van der Waals surface area contributed by atoms with Crippen LogP contribution in [-0.2, 0) is 11.2 Å². The molecule has 0 spiro atoms. The highest BCUT2D eigenvalue weighted by Gasteiger charge is 2.14. The van der Waals surface area contributed by atoms with Crippen molar-refractivity contribution in [3.05, 3.63) is 35.5 Å². The molecule has 0 bridgehead atoms. The van der Waals surface area contributed by atoms with E-state index in [1.54, 1.807) is 6.20 Å². The normalized spacial score (nSPS) is 12.2. The van der Waals surface area contributed by atoms with Crippen molar-refractivity contribution in [1.82, 2.24) is 4.98 Å². The lowest BCUT2D eigenvalue weighted by molar-refractivity contribution is -0.138. The first-order chi connectivity index (χ1) is 8.11. The highest BCUT2D eigenvalue weighted by Crippen LogP contribution is 2.20. The van der Waals surface area contributed by atoms with E-state index in [0.717, 1.165) is 22.0 Å². The molecule has 2 aromatic rings. The molecule has 1 aromatic heterocycles. The molecule has 4 heteroatoms. The number of rotatable bonds is 3. The predicted molar refractivity (Wildman–Crippen MR) is 65.5 cm³/mol. The molecule has 0 saturated heterocycles. The Labute approximate surface area is 98.4 Å². The summed E-state index contributed by atoms with van der Waals surface area (Å²) < 4.78 is 0. The smallest absolute Gasteiger partial charge is 0.320 e. The Kier molecular flexibility index (Phi) is 2.86. The van der Waals surface area contributed by atoms with Gasteiger partial charge in [-0.15, -0.1) is 6.42 Å². The number of nitrogens with two attached hydrogens (primary N) is 1. The first-order valence-electron chi connectivity index (χ1n) is 5.17. The monoisotopic (exact) mass is 228 g/mol. The molecule has 1 aromatic carbocycles. The zero-order valence-corrected chi connectivity index (χ0v) is 9.10. The SMILES string of the molecule is C#Cc1ccc2[nH]cc(C[C@@H](N)C(=O)O)c2c1. The number of aliphatic carboxylic acids is 1. The van der Waals surface area contributed by atoms with Gasteiger partial charge in [0, 0.05) is 29.1 Å².